The van der Waals surface area contributed by atoms with E-state index in [1.54, 1.807) is 35.7 Å². The van der Waals surface area contributed by atoms with Crippen molar-refractivity contribution in [2.75, 3.05) is 4.72 Å². The van der Waals surface area contributed by atoms with E-state index < -0.39 is 10.0 Å². The molecule has 0 saturated heterocycles. The monoisotopic (exact) mass is 316 g/mol. The number of benzene rings is 2. The molecule has 0 unspecified atom stereocenters. The molecular formula is C15H12N2O2S2. The van der Waals surface area contributed by atoms with Crippen molar-refractivity contribution >= 4 is 27.2 Å². The molecule has 0 amide bonds. The van der Waals surface area contributed by atoms with Gasteiger partial charge in [0.15, 0.2) is 5.82 Å². The molecule has 1 aromatic heterocycles. The van der Waals surface area contributed by atoms with E-state index in [-0.39, 0.29) is 4.90 Å². The van der Waals surface area contributed by atoms with Crippen molar-refractivity contribution in [1.29, 1.82) is 0 Å². The lowest BCUT2D eigenvalue weighted by Crippen LogP contribution is -2.12. The smallest absolute Gasteiger partial charge is 0.263 e. The van der Waals surface area contributed by atoms with Crippen LogP contribution in [0.3, 0.4) is 0 Å². The van der Waals surface area contributed by atoms with Crippen molar-refractivity contribution < 1.29 is 8.42 Å². The maximum absolute atomic E-state index is 12.2. The van der Waals surface area contributed by atoms with Gasteiger partial charge in [-0.1, -0.05) is 48.5 Å². The molecule has 0 aliphatic rings. The SMILES string of the molecule is O=S(=O)(Nc1csc(-c2ccccc2)n1)c1ccccc1. The fourth-order valence-electron chi connectivity index (χ4n) is 1.83. The first-order valence-electron chi connectivity index (χ1n) is 6.24. The molecule has 106 valence electrons. The molecule has 0 atom stereocenters. The highest BCUT2D eigenvalue weighted by Crippen LogP contribution is 2.26. The molecule has 2 aromatic carbocycles. The maximum atomic E-state index is 12.2. The number of thiazole rings is 1. The Balaban J connectivity index is 1.85. The second kappa shape index (κ2) is 5.67. The number of nitrogens with zero attached hydrogens (tertiary/aromatic N) is 1. The van der Waals surface area contributed by atoms with Crippen molar-refractivity contribution in [3.63, 3.8) is 0 Å². The third-order valence-corrected chi connectivity index (χ3v) is 5.08. The maximum Gasteiger partial charge on any atom is 0.263 e. The number of hydrogen-bond donors (Lipinski definition) is 1. The molecule has 3 rings (SSSR count). The van der Waals surface area contributed by atoms with Gasteiger partial charge in [0.2, 0.25) is 0 Å². The Hall–Kier alpha value is -2.18. The van der Waals surface area contributed by atoms with E-state index in [1.165, 1.54) is 11.3 Å². The molecule has 0 bridgehead atoms. The number of anilines is 1. The van der Waals surface area contributed by atoms with Gasteiger partial charge in [-0.25, -0.2) is 13.4 Å². The van der Waals surface area contributed by atoms with Crippen molar-refractivity contribution in [2.24, 2.45) is 0 Å². The van der Waals surface area contributed by atoms with Gasteiger partial charge in [0.25, 0.3) is 10.0 Å². The zero-order chi connectivity index (χ0) is 14.7. The van der Waals surface area contributed by atoms with Gasteiger partial charge in [0, 0.05) is 10.9 Å². The van der Waals surface area contributed by atoms with Crippen LogP contribution in [0.1, 0.15) is 0 Å². The molecule has 0 radical (unpaired) electrons. The van der Waals surface area contributed by atoms with Gasteiger partial charge in [0.1, 0.15) is 5.01 Å². The van der Waals surface area contributed by atoms with E-state index in [0.717, 1.165) is 10.6 Å². The molecule has 6 heteroatoms. The van der Waals surface area contributed by atoms with Crippen LogP contribution < -0.4 is 4.72 Å². The van der Waals surface area contributed by atoms with E-state index in [2.05, 4.69) is 9.71 Å². The predicted molar refractivity (Wildman–Crippen MR) is 84.8 cm³/mol. The highest BCUT2D eigenvalue weighted by atomic mass is 32.2. The van der Waals surface area contributed by atoms with Crippen molar-refractivity contribution in [3.8, 4) is 10.6 Å². The minimum Gasteiger partial charge on any atom is -0.263 e. The van der Waals surface area contributed by atoms with Gasteiger partial charge in [-0.2, -0.15) is 0 Å². The molecule has 21 heavy (non-hydrogen) atoms. The van der Waals surface area contributed by atoms with Gasteiger partial charge in [-0.15, -0.1) is 11.3 Å². The minimum absolute atomic E-state index is 0.222. The van der Waals surface area contributed by atoms with E-state index in [9.17, 15) is 8.42 Å². The molecule has 0 fully saturated rings. The van der Waals surface area contributed by atoms with Gasteiger partial charge in [0.05, 0.1) is 4.90 Å². The zero-order valence-electron chi connectivity index (χ0n) is 10.9. The summed E-state index contributed by atoms with van der Waals surface area (Å²) >= 11 is 1.40. The first-order valence-corrected chi connectivity index (χ1v) is 8.60. The molecule has 0 saturated carbocycles. The van der Waals surface area contributed by atoms with E-state index in [4.69, 9.17) is 0 Å². The van der Waals surface area contributed by atoms with Crippen LogP contribution in [0, 0.1) is 0 Å². The van der Waals surface area contributed by atoms with Crippen LogP contribution in [-0.4, -0.2) is 13.4 Å². The molecule has 1 heterocycles. The summed E-state index contributed by atoms with van der Waals surface area (Å²) in [5.41, 5.74) is 0.965. The number of sulfonamides is 1. The van der Waals surface area contributed by atoms with Gasteiger partial charge in [-0.3, -0.25) is 4.72 Å². The van der Waals surface area contributed by atoms with Crippen molar-refractivity contribution in [2.45, 2.75) is 4.90 Å². The van der Waals surface area contributed by atoms with Gasteiger partial charge < -0.3 is 0 Å². The third kappa shape index (κ3) is 3.12. The summed E-state index contributed by atoms with van der Waals surface area (Å²) < 4.78 is 26.9. The second-order valence-corrected chi connectivity index (χ2v) is 6.86. The summed E-state index contributed by atoms with van der Waals surface area (Å²) in [7, 11) is -3.59. The largest absolute Gasteiger partial charge is 0.263 e. The van der Waals surface area contributed by atoms with Gasteiger partial charge >= 0.3 is 0 Å². The highest BCUT2D eigenvalue weighted by Gasteiger charge is 2.15. The van der Waals surface area contributed by atoms with Crippen LogP contribution >= 0.6 is 11.3 Å². The Kier molecular flexibility index (Phi) is 3.72. The lowest BCUT2D eigenvalue weighted by molar-refractivity contribution is 0.601. The van der Waals surface area contributed by atoms with Crippen LogP contribution in [0.2, 0.25) is 0 Å². The number of nitrogens with one attached hydrogen (secondary N) is 1. The number of aromatic nitrogens is 1. The van der Waals surface area contributed by atoms with Crippen LogP contribution in [-0.2, 0) is 10.0 Å². The van der Waals surface area contributed by atoms with Gasteiger partial charge in [-0.05, 0) is 12.1 Å². The quantitative estimate of drug-likeness (QED) is 0.800. The Morgan fingerprint density at radius 1 is 0.905 bits per heavy atom. The summed E-state index contributed by atoms with van der Waals surface area (Å²) in [6.07, 6.45) is 0. The standard InChI is InChI=1S/C15H12N2O2S2/c18-21(19,13-9-5-2-6-10-13)17-14-11-20-15(16-14)12-7-3-1-4-8-12/h1-11,17H. The van der Waals surface area contributed by atoms with Crippen LogP contribution in [0.25, 0.3) is 10.6 Å². The summed E-state index contributed by atoms with van der Waals surface area (Å²) in [5.74, 6) is 0.336. The molecular weight excluding hydrogens is 304 g/mol. The second-order valence-electron chi connectivity index (χ2n) is 4.32. The first kappa shape index (κ1) is 13.8. The summed E-state index contributed by atoms with van der Waals surface area (Å²) in [6.45, 7) is 0. The number of rotatable bonds is 4. The Bertz CT molecular complexity index is 828. The Morgan fingerprint density at radius 3 is 2.19 bits per heavy atom. The van der Waals surface area contributed by atoms with Crippen molar-refractivity contribution in [3.05, 3.63) is 66.0 Å². The van der Waals surface area contributed by atoms with Crippen LogP contribution in [0.15, 0.2) is 70.9 Å². The van der Waals surface area contributed by atoms with Crippen molar-refractivity contribution in [1.82, 2.24) is 4.98 Å². The third-order valence-electron chi connectivity index (χ3n) is 2.82. The first-order chi connectivity index (χ1) is 10.1. The molecule has 3 aromatic rings. The van der Waals surface area contributed by atoms with Crippen LogP contribution in [0.4, 0.5) is 5.82 Å². The Labute approximate surface area is 127 Å². The summed E-state index contributed by atoms with van der Waals surface area (Å²) in [4.78, 5) is 4.54. The van der Waals surface area contributed by atoms with E-state index in [1.807, 2.05) is 30.3 Å². The predicted octanol–water partition coefficient (Wildman–Crippen LogP) is 3.61. The lowest BCUT2D eigenvalue weighted by Gasteiger charge is -2.04. The molecule has 4 nitrogen and oxygen atoms in total. The molecule has 0 aliphatic heterocycles. The molecule has 0 spiro atoms. The molecule has 1 N–H and O–H groups in total. The number of hydrogen-bond acceptors (Lipinski definition) is 4. The summed E-state index contributed by atoms with van der Waals surface area (Å²) in [6, 6.07) is 17.9. The van der Waals surface area contributed by atoms with E-state index >= 15 is 0 Å². The highest BCUT2D eigenvalue weighted by molar-refractivity contribution is 7.92. The lowest BCUT2D eigenvalue weighted by atomic mass is 10.2. The fraction of sp³-hybridized carbons (Fsp3) is 0. The summed E-state index contributed by atoms with van der Waals surface area (Å²) in [5, 5.41) is 2.48. The fourth-order valence-corrected chi connectivity index (χ4v) is 3.68. The zero-order valence-corrected chi connectivity index (χ0v) is 12.6. The topological polar surface area (TPSA) is 59.1 Å². The average molecular weight is 316 g/mol. The average Bonchev–Trinajstić information content (AvgIpc) is 2.97. The Morgan fingerprint density at radius 2 is 1.52 bits per heavy atom. The molecule has 0 aliphatic carbocycles. The van der Waals surface area contributed by atoms with E-state index in [0.29, 0.717) is 5.82 Å². The minimum atomic E-state index is -3.59. The normalized spacial score (nSPS) is 11.2. The van der Waals surface area contributed by atoms with Crippen LogP contribution in [0.5, 0.6) is 0 Å².